The Morgan fingerprint density at radius 2 is 1.78 bits per heavy atom. The van der Waals surface area contributed by atoms with E-state index in [1.54, 1.807) is 12.1 Å². The minimum absolute atomic E-state index is 0.154. The Labute approximate surface area is 107 Å². The first kappa shape index (κ1) is 11.8. The van der Waals surface area contributed by atoms with Gasteiger partial charge in [-0.15, -0.1) is 0 Å². The average molecular weight is 247 g/mol. The number of carbonyl (C=O) groups is 1. The summed E-state index contributed by atoms with van der Waals surface area (Å²) in [6.45, 7) is 0. The van der Waals surface area contributed by atoms with Crippen molar-refractivity contribution in [1.82, 2.24) is 5.32 Å². The monoisotopic (exact) mass is 247 g/mol. The summed E-state index contributed by atoms with van der Waals surface area (Å²) < 4.78 is 12.8. The van der Waals surface area contributed by atoms with Crippen LogP contribution in [0.3, 0.4) is 0 Å². The summed E-state index contributed by atoms with van der Waals surface area (Å²) in [4.78, 5) is 12.1. The molecule has 2 fully saturated rings. The summed E-state index contributed by atoms with van der Waals surface area (Å²) in [7, 11) is 0. The molecule has 2 nitrogen and oxygen atoms in total. The maximum atomic E-state index is 12.8. The Hall–Kier alpha value is -1.22. The molecule has 0 saturated carbocycles. The lowest BCUT2D eigenvalue weighted by atomic mass is 9.87. The van der Waals surface area contributed by atoms with Gasteiger partial charge in [0.2, 0.25) is 0 Å². The zero-order valence-electron chi connectivity index (χ0n) is 10.4. The zero-order chi connectivity index (χ0) is 12.5. The second kappa shape index (κ2) is 4.81. The molecule has 1 aromatic rings. The highest BCUT2D eigenvalue weighted by molar-refractivity contribution is 5.96. The summed E-state index contributed by atoms with van der Waals surface area (Å²) >= 11 is 0. The molecule has 0 spiro atoms. The van der Waals surface area contributed by atoms with E-state index in [9.17, 15) is 9.18 Å². The summed E-state index contributed by atoms with van der Waals surface area (Å²) in [5, 5.41) is 3.58. The molecule has 18 heavy (non-hydrogen) atoms. The molecule has 0 aliphatic carbocycles. The lowest BCUT2D eigenvalue weighted by Gasteiger charge is -2.28. The highest BCUT2D eigenvalue weighted by atomic mass is 19.1. The van der Waals surface area contributed by atoms with E-state index in [-0.39, 0.29) is 11.6 Å². The van der Waals surface area contributed by atoms with Crippen molar-refractivity contribution in [3.63, 3.8) is 0 Å². The quantitative estimate of drug-likeness (QED) is 0.832. The maximum Gasteiger partial charge on any atom is 0.163 e. The molecule has 2 bridgehead atoms. The van der Waals surface area contributed by atoms with Crippen LogP contribution in [0.25, 0.3) is 0 Å². The van der Waals surface area contributed by atoms with Crippen molar-refractivity contribution in [2.24, 2.45) is 5.92 Å². The van der Waals surface area contributed by atoms with Gasteiger partial charge in [-0.05, 0) is 55.9 Å². The fourth-order valence-electron chi connectivity index (χ4n) is 3.36. The highest BCUT2D eigenvalue weighted by Gasteiger charge is 2.34. The van der Waals surface area contributed by atoms with Gasteiger partial charge in [0.1, 0.15) is 5.82 Å². The van der Waals surface area contributed by atoms with Crippen molar-refractivity contribution in [2.75, 3.05) is 0 Å². The molecule has 96 valence electrons. The summed E-state index contributed by atoms with van der Waals surface area (Å²) in [6.07, 6.45) is 5.35. The predicted molar refractivity (Wildman–Crippen MR) is 68.0 cm³/mol. The molecule has 3 heteroatoms. The first-order valence-electron chi connectivity index (χ1n) is 6.75. The molecule has 0 aromatic heterocycles. The Kier molecular flexibility index (Phi) is 3.16. The van der Waals surface area contributed by atoms with E-state index in [2.05, 4.69) is 5.32 Å². The average Bonchev–Trinajstić information content (AvgIpc) is 2.69. The van der Waals surface area contributed by atoms with Gasteiger partial charge in [-0.3, -0.25) is 4.79 Å². The van der Waals surface area contributed by atoms with Crippen LogP contribution in [0, 0.1) is 11.7 Å². The van der Waals surface area contributed by atoms with Crippen molar-refractivity contribution in [3.8, 4) is 0 Å². The molecule has 2 atom stereocenters. The standard InChI is InChI=1S/C15H18FNO/c16-12-3-1-11(2-4-12)15(18)9-10-7-13-5-6-14(8-10)17-13/h1-4,10,13-14,17H,5-9H2. The molecule has 2 aliphatic rings. The van der Waals surface area contributed by atoms with Crippen molar-refractivity contribution in [1.29, 1.82) is 0 Å². The molecule has 0 amide bonds. The fraction of sp³-hybridized carbons (Fsp3) is 0.533. The van der Waals surface area contributed by atoms with Crippen LogP contribution in [0.5, 0.6) is 0 Å². The van der Waals surface area contributed by atoms with E-state index in [1.807, 2.05) is 0 Å². The Balaban J connectivity index is 1.62. The Bertz CT molecular complexity index is 430. The molecule has 2 aliphatic heterocycles. The minimum atomic E-state index is -0.286. The lowest BCUT2D eigenvalue weighted by molar-refractivity contribution is 0.0945. The van der Waals surface area contributed by atoms with Gasteiger partial charge in [0.25, 0.3) is 0 Å². The zero-order valence-corrected chi connectivity index (χ0v) is 10.4. The first-order chi connectivity index (χ1) is 8.70. The van der Waals surface area contributed by atoms with Crippen molar-refractivity contribution < 1.29 is 9.18 Å². The lowest BCUT2D eigenvalue weighted by Crippen LogP contribution is -2.38. The van der Waals surface area contributed by atoms with E-state index in [1.165, 1.54) is 25.0 Å². The number of carbonyl (C=O) groups excluding carboxylic acids is 1. The molecule has 1 aromatic carbocycles. The molecule has 3 rings (SSSR count). The van der Waals surface area contributed by atoms with E-state index in [4.69, 9.17) is 0 Å². The maximum absolute atomic E-state index is 12.8. The van der Waals surface area contributed by atoms with Crippen LogP contribution < -0.4 is 5.32 Å². The van der Waals surface area contributed by atoms with Crippen LogP contribution in [0.15, 0.2) is 24.3 Å². The number of nitrogens with one attached hydrogen (secondary N) is 1. The van der Waals surface area contributed by atoms with Crippen molar-refractivity contribution >= 4 is 5.78 Å². The molecule has 2 saturated heterocycles. The largest absolute Gasteiger partial charge is 0.311 e. The van der Waals surface area contributed by atoms with Gasteiger partial charge in [-0.1, -0.05) is 0 Å². The normalized spacial score (nSPS) is 30.4. The van der Waals surface area contributed by atoms with Gasteiger partial charge in [0, 0.05) is 24.1 Å². The topological polar surface area (TPSA) is 29.1 Å². The van der Waals surface area contributed by atoms with Gasteiger partial charge in [-0.25, -0.2) is 4.39 Å². The summed E-state index contributed by atoms with van der Waals surface area (Å²) in [5.74, 6) is 0.370. The summed E-state index contributed by atoms with van der Waals surface area (Å²) in [6, 6.07) is 7.14. The van der Waals surface area contributed by atoms with Crippen LogP contribution >= 0.6 is 0 Å². The molecule has 1 N–H and O–H groups in total. The third kappa shape index (κ3) is 2.46. The molecular weight excluding hydrogens is 229 g/mol. The number of Topliss-reactive ketones (excluding diaryl/α,β-unsaturated/α-hetero) is 1. The summed E-state index contributed by atoms with van der Waals surface area (Å²) in [5.41, 5.74) is 0.641. The number of halogens is 1. The second-order valence-electron chi connectivity index (χ2n) is 5.61. The Morgan fingerprint density at radius 3 is 2.39 bits per heavy atom. The number of benzene rings is 1. The number of hydrogen-bond acceptors (Lipinski definition) is 2. The molecule has 2 heterocycles. The van der Waals surface area contributed by atoms with Gasteiger partial charge < -0.3 is 5.32 Å². The van der Waals surface area contributed by atoms with E-state index >= 15 is 0 Å². The van der Waals surface area contributed by atoms with Crippen molar-refractivity contribution in [2.45, 2.75) is 44.2 Å². The SMILES string of the molecule is O=C(CC1CC2CCC(C1)N2)c1ccc(F)cc1. The van der Waals surface area contributed by atoms with Crippen LogP contribution in [0.4, 0.5) is 4.39 Å². The second-order valence-corrected chi connectivity index (χ2v) is 5.61. The predicted octanol–water partition coefficient (Wildman–Crippen LogP) is 2.93. The number of hydrogen-bond donors (Lipinski definition) is 1. The third-order valence-corrected chi connectivity index (χ3v) is 4.21. The minimum Gasteiger partial charge on any atom is -0.311 e. The van der Waals surface area contributed by atoms with Crippen LogP contribution in [-0.2, 0) is 0 Å². The van der Waals surface area contributed by atoms with Gasteiger partial charge in [0.05, 0.1) is 0 Å². The number of rotatable bonds is 3. The number of ketones is 1. The van der Waals surface area contributed by atoms with Gasteiger partial charge in [-0.2, -0.15) is 0 Å². The van der Waals surface area contributed by atoms with E-state index in [0.29, 0.717) is 30.0 Å². The molecule has 2 unspecified atom stereocenters. The van der Waals surface area contributed by atoms with Crippen LogP contribution in [0.1, 0.15) is 42.5 Å². The van der Waals surface area contributed by atoms with Gasteiger partial charge >= 0.3 is 0 Å². The van der Waals surface area contributed by atoms with Gasteiger partial charge in [0.15, 0.2) is 5.78 Å². The number of piperidine rings is 1. The molecule has 0 radical (unpaired) electrons. The van der Waals surface area contributed by atoms with Crippen LogP contribution in [0.2, 0.25) is 0 Å². The molecular formula is C15H18FNO. The first-order valence-corrected chi connectivity index (χ1v) is 6.75. The van der Waals surface area contributed by atoms with Crippen LogP contribution in [-0.4, -0.2) is 17.9 Å². The third-order valence-electron chi connectivity index (χ3n) is 4.21. The van der Waals surface area contributed by atoms with E-state index < -0.39 is 0 Å². The fourth-order valence-corrected chi connectivity index (χ4v) is 3.36. The smallest absolute Gasteiger partial charge is 0.163 e. The Morgan fingerprint density at radius 1 is 1.17 bits per heavy atom. The van der Waals surface area contributed by atoms with Crippen molar-refractivity contribution in [3.05, 3.63) is 35.6 Å². The number of fused-ring (bicyclic) bond motifs is 2. The highest BCUT2D eigenvalue weighted by Crippen LogP contribution is 2.33. The van der Waals surface area contributed by atoms with E-state index in [0.717, 1.165) is 12.8 Å².